The molecule has 0 aliphatic rings. The molecular formula is C22H20N2O7S3. The molecule has 0 radical (unpaired) electrons. The average molecular weight is 521 g/mol. The van der Waals surface area contributed by atoms with Gasteiger partial charge in [0.1, 0.15) is 20.9 Å². The number of rotatable bonds is 10. The van der Waals surface area contributed by atoms with Crippen LogP contribution < -0.4 is 14.4 Å². The van der Waals surface area contributed by atoms with Gasteiger partial charge >= 0.3 is 11.9 Å². The molecule has 0 saturated heterocycles. The Balaban J connectivity index is 1.73. The van der Waals surface area contributed by atoms with Crippen molar-refractivity contribution in [3.05, 3.63) is 68.0 Å². The Morgan fingerprint density at radius 1 is 1.06 bits per heavy atom. The van der Waals surface area contributed by atoms with Gasteiger partial charge in [0, 0.05) is 31.1 Å². The van der Waals surface area contributed by atoms with Crippen LogP contribution >= 0.6 is 32.9 Å². The van der Waals surface area contributed by atoms with E-state index < -0.39 is 17.0 Å². The van der Waals surface area contributed by atoms with Crippen molar-refractivity contribution in [2.45, 2.75) is 12.8 Å². The van der Waals surface area contributed by atoms with Gasteiger partial charge in [-0.3, -0.25) is 4.79 Å². The van der Waals surface area contributed by atoms with Crippen LogP contribution in [0.2, 0.25) is 0 Å². The van der Waals surface area contributed by atoms with E-state index in [0.29, 0.717) is 11.4 Å². The van der Waals surface area contributed by atoms with Crippen molar-refractivity contribution >= 4 is 50.5 Å². The fourth-order valence-electron chi connectivity index (χ4n) is 2.80. The Hall–Kier alpha value is -3.35. The molecule has 3 rings (SSSR count). The summed E-state index contributed by atoms with van der Waals surface area (Å²) in [6, 6.07) is 13.7. The second-order valence-electron chi connectivity index (χ2n) is 7.12. The summed E-state index contributed by atoms with van der Waals surface area (Å²) < 4.78 is 11.7. The number of hydrogen-bond acceptors (Lipinski definition) is 11. The van der Waals surface area contributed by atoms with Gasteiger partial charge in [0.25, 0.3) is 5.09 Å². The Bertz CT molecular complexity index is 1240. The van der Waals surface area contributed by atoms with Crippen LogP contribution in [0.25, 0.3) is 10.4 Å². The lowest BCUT2D eigenvalue weighted by molar-refractivity contribution is -0.757. The Morgan fingerprint density at radius 2 is 1.79 bits per heavy atom. The number of carbonyl (C=O) groups excluding carboxylic acids is 2. The van der Waals surface area contributed by atoms with Crippen LogP contribution in [-0.2, 0) is 9.63 Å². The molecular weight excluding hydrogens is 500 g/mol. The molecule has 2 aromatic carbocycles. The molecule has 0 aliphatic carbocycles. The Morgan fingerprint density at radius 3 is 2.41 bits per heavy atom. The highest BCUT2D eigenvalue weighted by Gasteiger charge is 2.19. The first-order chi connectivity index (χ1) is 16.2. The summed E-state index contributed by atoms with van der Waals surface area (Å²) >= 11 is 5.17. The fraction of sp³-hybridized carbons (Fsp3) is 0.227. The monoisotopic (exact) mass is 520 g/mol. The molecule has 0 fully saturated rings. The molecule has 0 aliphatic heterocycles. The topological polar surface area (TPSA) is 108 Å². The summed E-state index contributed by atoms with van der Waals surface area (Å²) in [7, 11) is 6.71. The van der Waals surface area contributed by atoms with Gasteiger partial charge in [-0.1, -0.05) is 32.9 Å². The summed E-state index contributed by atoms with van der Waals surface area (Å²) in [6.07, 6.45) is -0.0194. The van der Waals surface area contributed by atoms with E-state index in [9.17, 15) is 19.7 Å². The predicted octanol–water partition coefficient (Wildman–Crippen LogP) is 5.39. The van der Waals surface area contributed by atoms with Gasteiger partial charge in [-0.2, -0.15) is 0 Å². The molecule has 0 spiro atoms. The summed E-state index contributed by atoms with van der Waals surface area (Å²) in [4.78, 5) is 42.3. The van der Waals surface area contributed by atoms with Crippen molar-refractivity contribution in [2.24, 2.45) is 0 Å². The van der Waals surface area contributed by atoms with Gasteiger partial charge in [0.05, 0.1) is 6.61 Å². The van der Waals surface area contributed by atoms with Crippen molar-refractivity contribution < 1.29 is 29.0 Å². The SMILES string of the molecule is CN(C)c1ccc(OC(=O)CCCO[N+](=O)[O-])c(C(=O)Oc2ccc(-c3cc(=S)ss3)cc2)c1. The largest absolute Gasteiger partial charge is 0.426 e. The third kappa shape index (κ3) is 7.07. The molecule has 1 aromatic heterocycles. The minimum absolute atomic E-state index is 0.0328. The van der Waals surface area contributed by atoms with Crippen LogP contribution in [-0.4, -0.2) is 37.7 Å². The minimum atomic E-state index is -0.927. The van der Waals surface area contributed by atoms with Crippen molar-refractivity contribution in [1.29, 1.82) is 0 Å². The number of nitrogens with zero attached hydrogens (tertiary/aromatic N) is 2. The standard InChI is InChI=1S/C22H20N2O7S3/c1-23(2)15-7-10-18(31-20(25)4-3-11-29-24(27)28)17(12-15)22(26)30-16-8-5-14(6-9-16)19-13-21(32)34-33-19/h5-10,12-13H,3-4,11H2,1-2H3. The first-order valence-electron chi connectivity index (χ1n) is 9.95. The lowest BCUT2D eigenvalue weighted by atomic mass is 10.1. The molecule has 0 unspecified atom stereocenters. The number of carbonyl (C=O) groups is 2. The van der Waals surface area contributed by atoms with Gasteiger partial charge in [-0.05, 0) is 60.5 Å². The third-order valence-electron chi connectivity index (χ3n) is 4.46. The maximum Gasteiger partial charge on any atom is 0.347 e. The summed E-state index contributed by atoms with van der Waals surface area (Å²) in [5.41, 5.74) is 1.74. The van der Waals surface area contributed by atoms with E-state index in [-0.39, 0.29) is 30.8 Å². The zero-order valence-corrected chi connectivity index (χ0v) is 20.7. The van der Waals surface area contributed by atoms with Gasteiger partial charge in [0.15, 0.2) is 0 Å². The first kappa shape index (κ1) is 25.3. The van der Waals surface area contributed by atoms with Gasteiger partial charge in [0.2, 0.25) is 0 Å². The number of anilines is 1. The fourth-order valence-corrected chi connectivity index (χ4v) is 5.20. The number of hydrogen-bond donors (Lipinski definition) is 0. The number of ether oxygens (including phenoxy) is 2. The highest BCUT2D eigenvalue weighted by molar-refractivity contribution is 7.80. The van der Waals surface area contributed by atoms with Crippen molar-refractivity contribution in [2.75, 3.05) is 25.6 Å². The van der Waals surface area contributed by atoms with Gasteiger partial charge in [-0.15, -0.1) is 10.1 Å². The lowest BCUT2D eigenvalue weighted by Gasteiger charge is -2.16. The zero-order valence-electron chi connectivity index (χ0n) is 18.2. The van der Waals surface area contributed by atoms with Gasteiger partial charge < -0.3 is 19.2 Å². The van der Waals surface area contributed by atoms with E-state index in [4.69, 9.17) is 21.7 Å². The zero-order chi connectivity index (χ0) is 24.7. The van der Waals surface area contributed by atoms with Crippen molar-refractivity contribution in [3.8, 4) is 21.9 Å². The molecule has 9 nitrogen and oxygen atoms in total. The van der Waals surface area contributed by atoms with Crippen LogP contribution in [0.15, 0.2) is 48.5 Å². The van der Waals surface area contributed by atoms with E-state index >= 15 is 0 Å². The summed E-state index contributed by atoms with van der Waals surface area (Å²) in [5.74, 6) is -0.981. The lowest BCUT2D eigenvalue weighted by Crippen LogP contribution is -2.16. The van der Waals surface area contributed by atoms with Crippen molar-refractivity contribution in [3.63, 3.8) is 0 Å². The van der Waals surface area contributed by atoms with Crippen LogP contribution in [0.4, 0.5) is 5.69 Å². The maximum atomic E-state index is 12.9. The molecule has 34 heavy (non-hydrogen) atoms. The highest BCUT2D eigenvalue weighted by atomic mass is 32.9. The Kier molecular flexibility index (Phi) is 8.68. The average Bonchev–Trinajstić information content (AvgIpc) is 3.23. The minimum Gasteiger partial charge on any atom is -0.426 e. The van der Waals surface area contributed by atoms with E-state index in [1.165, 1.54) is 16.4 Å². The smallest absolute Gasteiger partial charge is 0.347 e. The summed E-state index contributed by atoms with van der Waals surface area (Å²) in [5, 5.41) is 9.26. The van der Waals surface area contributed by atoms with Crippen LogP contribution in [0, 0.1) is 13.9 Å². The predicted molar refractivity (Wildman–Crippen MR) is 132 cm³/mol. The second kappa shape index (κ2) is 11.7. The van der Waals surface area contributed by atoms with Crippen LogP contribution in [0.3, 0.4) is 0 Å². The second-order valence-corrected chi connectivity index (χ2v) is 10.0. The summed E-state index contributed by atoms with van der Waals surface area (Å²) in [6.45, 7) is -0.230. The van der Waals surface area contributed by atoms with E-state index in [1.54, 1.807) is 39.5 Å². The van der Waals surface area contributed by atoms with Crippen LogP contribution in [0.5, 0.6) is 11.5 Å². The maximum absolute atomic E-state index is 12.9. The van der Waals surface area contributed by atoms with Crippen LogP contribution in [0.1, 0.15) is 23.2 Å². The van der Waals surface area contributed by atoms with E-state index in [1.807, 2.05) is 32.3 Å². The molecule has 178 valence electrons. The molecule has 1 heterocycles. The Labute approximate surface area is 207 Å². The van der Waals surface area contributed by atoms with E-state index in [0.717, 1.165) is 14.3 Å². The highest BCUT2D eigenvalue weighted by Crippen LogP contribution is 2.31. The molecule has 0 amide bonds. The molecule has 12 heteroatoms. The number of esters is 2. The van der Waals surface area contributed by atoms with Gasteiger partial charge in [-0.25, -0.2) is 4.79 Å². The molecule has 3 aromatic rings. The molecule has 0 bridgehead atoms. The molecule has 0 saturated carbocycles. The normalized spacial score (nSPS) is 10.4. The van der Waals surface area contributed by atoms with E-state index in [2.05, 4.69) is 4.84 Å². The quantitative estimate of drug-likeness (QED) is 0.0661. The third-order valence-corrected chi connectivity index (χ3v) is 7.37. The van der Waals surface area contributed by atoms with Crippen molar-refractivity contribution in [1.82, 2.24) is 0 Å². The first-order valence-corrected chi connectivity index (χ1v) is 12.5. The molecule has 0 N–H and O–H groups in total. The molecule has 0 atom stereocenters. The number of benzene rings is 2.